The highest BCUT2D eigenvalue weighted by Crippen LogP contribution is 2.40. The molecule has 2 aromatic carbocycles. The maximum absolute atomic E-state index is 5.41. The van der Waals surface area contributed by atoms with Crippen LogP contribution in [-0.2, 0) is 6.54 Å². The van der Waals surface area contributed by atoms with E-state index in [1.807, 2.05) is 36.4 Å². The summed E-state index contributed by atoms with van der Waals surface area (Å²) in [5.74, 6) is 2.41. The van der Waals surface area contributed by atoms with E-state index in [4.69, 9.17) is 14.2 Å². The second-order valence-corrected chi connectivity index (χ2v) is 5.25. The number of hydrogen-bond acceptors (Lipinski definition) is 4. The molecule has 2 aromatic rings. The molecule has 5 heteroatoms. The van der Waals surface area contributed by atoms with Crippen LogP contribution in [0.25, 0.3) is 0 Å². The topological polar surface area (TPSA) is 39.7 Å². The molecule has 0 amide bonds. The Morgan fingerprint density at radius 2 is 2.00 bits per heavy atom. The summed E-state index contributed by atoms with van der Waals surface area (Å²) in [4.78, 5) is 0. The van der Waals surface area contributed by atoms with E-state index in [-0.39, 0.29) is 6.79 Å². The molecule has 20 heavy (non-hydrogen) atoms. The van der Waals surface area contributed by atoms with Gasteiger partial charge in [0.1, 0.15) is 5.75 Å². The Kier molecular flexibility index (Phi) is 3.69. The van der Waals surface area contributed by atoms with Crippen molar-refractivity contribution in [2.45, 2.75) is 6.54 Å². The van der Waals surface area contributed by atoms with Crippen molar-refractivity contribution in [3.05, 3.63) is 46.4 Å². The predicted molar refractivity (Wildman–Crippen MR) is 80.6 cm³/mol. The van der Waals surface area contributed by atoms with Crippen molar-refractivity contribution in [1.29, 1.82) is 0 Å². The van der Waals surface area contributed by atoms with E-state index in [0.717, 1.165) is 33.0 Å². The van der Waals surface area contributed by atoms with Gasteiger partial charge in [0.25, 0.3) is 0 Å². The van der Waals surface area contributed by atoms with E-state index in [1.54, 1.807) is 7.11 Å². The Balaban J connectivity index is 1.70. The molecule has 3 rings (SSSR count). The number of ether oxygens (including phenoxy) is 3. The summed E-state index contributed by atoms with van der Waals surface area (Å²) in [5.41, 5.74) is 2.16. The minimum atomic E-state index is 0.281. The van der Waals surface area contributed by atoms with Crippen molar-refractivity contribution in [2.75, 3.05) is 19.2 Å². The predicted octanol–water partition coefficient (Wildman–Crippen LogP) is 3.80. The molecule has 0 fully saturated rings. The quantitative estimate of drug-likeness (QED) is 0.922. The molecule has 4 nitrogen and oxygen atoms in total. The molecule has 1 heterocycles. The molecule has 0 spiro atoms. The lowest BCUT2D eigenvalue weighted by Crippen LogP contribution is -1.99. The summed E-state index contributed by atoms with van der Waals surface area (Å²) in [6.45, 7) is 0.991. The Morgan fingerprint density at radius 1 is 1.20 bits per heavy atom. The number of halogens is 1. The fourth-order valence-corrected chi connectivity index (χ4v) is 2.64. The molecule has 0 unspecified atom stereocenters. The van der Waals surface area contributed by atoms with E-state index >= 15 is 0 Å². The molecule has 0 bridgehead atoms. The number of benzene rings is 2. The van der Waals surface area contributed by atoms with Gasteiger partial charge >= 0.3 is 0 Å². The first-order chi connectivity index (χ1) is 9.76. The highest BCUT2D eigenvalue weighted by atomic mass is 79.9. The second kappa shape index (κ2) is 5.63. The number of rotatable bonds is 4. The molecule has 0 atom stereocenters. The Hall–Kier alpha value is -1.88. The summed E-state index contributed by atoms with van der Waals surface area (Å²) in [7, 11) is 1.66. The van der Waals surface area contributed by atoms with Crippen molar-refractivity contribution < 1.29 is 14.2 Å². The van der Waals surface area contributed by atoms with Crippen LogP contribution in [0.3, 0.4) is 0 Å². The number of anilines is 1. The van der Waals surface area contributed by atoms with Crippen LogP contribution in [0, 0.1) is 0 Å². The average Bonchev–Trinajstić information content (AvgIpc) is 2.94. The summed E-state index contributed by atoms with van der Waals surface area (Å²) in [5, 5.41) is 3.36. The van der Waals surface area contributed by atoms with Crippen LogP contribution >= 0.6 is 15.9 Å². The van der Waals surface area contributed by atoms with Gasteiger partial charge in [0.2, 0.25) is 6.79 Å². The van der Waals surface area contributed by atoms with Crippen LogP contribution in [0.1, 0.15) is 5.56 Å². The third kappa shape index (κ3) is 2.67. The number of methoxy groups -OCH3 is 1. The minimum Gasteiger partial charge on any atom is -0.497 e. The largest absolute Gasteiger partial charge is 0.497 e. The van der Waals surface area contributed by atoms with Gasteiger partial charge < -0.3 is 19.5 Å². The van der Waals surface area contributed by atoms with E-state index in [9.17, 15) is 0 Å². The van der Waals surface area contributed by atoms with Crippen molar-refractivity contribution in [3.8, 4) is 17.2 Å². The Labute approximate surface area is 125 Å². The van der Waals surface area contributed by atoms with Crippen LogP contribution < -0.4 is 19.5 Å². The summed E-state index contributed by atoms with van der Waals surface area (Å²) in [6.07, 6.45) is 0. The molecular weight excluding hydrogens is 322 g/mol. The molecule has 1 aliphatic heterocycles. The summed E-state index contributed by atoms with van der Waals surface area (Å²) >= 11 is 3.49. The zero-order chi connectivity index (χ0) is 13.9. The molecular formula is C15H14BrNO3. The highest BCUT2D eigenvalue weighted by molar-refractivity contribution is 9.10. The fraction of sp³-hybridized carbons (Fsp3) is 0.200. The molecule has 104 valence electrons. The van der Waals surface area contributed by atoms with Gasteiger partial charge in [-0.1, -0.05) is 0 Å². The normalized spacial score (nSPS) is 12.3. The van der Waals surface area contributed by atoms with Crippen molar-refractivity contribution in [3.63, 3.8) is 0 Å². The van der Waals surface area contributed by atoms with Crippen LogP contribution in [0.5, 0.6) is 17.2 Å². The van der Waals surface area contributed by atoms with Gasteiger partial charge in [-0.05, 0) is 57.9 Å². The third-order valence-electron chi connectivity index (χ3n) is 3.07. The monoisotopic (exact) mass is 335 g/mol. The lowest BCUT2D eigenvalue weighted by atomic mass is 10.2. The number of fused-ring (bicyclic) bond motifs is 1. The Morgan fingerprint density at radius 3 is 2.75 bits per heavy atom. The lowest BCUT2D eigenvalue weighted by molar-refractivity contribution is 0.173. The van der Waals surface area contributed by atoms with Crippen molar-refractivity contribution in [1.82, 2.24) is 0 Å². The van der Waals surface area contributed by atoms with Crippen molar-refractivity contribution >= 4 is 21.6 Å². The zero-order valence-electron chi connectivity index (χ0n) is 11.0. The van der Waals surface area contributed by atoms with Gasteiger partial charge in [-0.15, -0.1) is 0 Å². The maximum Gasteiger partial charge on any atom is 0.231 e. The average molecular weight is 336 g/mol. The number of nitrogens with one attached hydrogen (secondary N) is 1. The highest BCUT2D eigenvalue weighted by Gasteiger charge is 2.17. The smallest absolute Gasteiger partial charge is 0.231 e. The summed E-state index contributed by atoms with van der Waals surface area (Å²) in [6, 6.07) is 11.9. The van der Waals surface area contributed by atoms with Gasteiger partial charge in [0, 0.05) is 12.2 Å². The molecule has 1 N–H and O–H groups in total. The zero-order valence-corrected chi connectivity index (χ0v) is 12.6. The minimum absolute atomic E-state index is 0.281. The molecule has 0 aliphatic carbocycles. The first-order valence-corrected chi connectivity index (χ1v) is 7.01. The van der Waals surface area contributed by atoms with E-state index < -0.39 is 0 Å². The van der Waals surface area contributed by atoms with E-state index in [2.05, 4.69) is 21.2 Å². The molecule has 0 saturated carbocycles. The molecule has 0 saturated heterocycles. The van der Waals surface area contributed by atoms with Crippen LogP contribution in [-0.4, -0.2) is 13.9 Å². The van der Waals surface area contributed by atoms with Crippen LogP contribution in [0.4, 0.5) is 5.69 Å². The fourth-order valence-electron chi connectivity index (χ4n) is 2.04. The van der Waals surface area contributed by atoms with Gasteiger partial charge in [0.05, 0.1) is 11.6 Å². The number of hydrogen-bond donors (Lipinski definition) is 1. The van der Waals surface area contributed by atoms with Gasteiger partial charge in [0.15, 0.2) is 11.5 Å². The first-order valence-electron chi connectivity index (χ1n) is 6.22. The Bertz CT molecular complexity index is 613. The first kappa shape index (κ1) is 13.1. The lowest BCUT2D eigenvalue weighted by Gasteiger charge is -2.09. The van der Waals surface area contributed by atoms with Gasteiger partial charge in [-0.25, -0.2) is 0 Å². The van der Waals surface area contributed by atoms with Crippen LogP contribution in [0.2, 0.25) is 0 Å². The summed E-state index contributed by atoms with van der Waals surface area (Å²) < 4.78 is 16.8. The molecule has 0 aromatic heterocycles. The second-order valence-electron chi connectivity index (χ2n) is 4.39. The van der Waals surface area contributed by atoms with Gasteiger partial charge in [-0.3, -0.25) is 0 Å². The van der Waals surface area contributed by atoms with Crippen molar-refractivity contribution in [2.24, 2.45) is 0 Å². The third-order valence-corrected chi connectivity index (χ3v) is 3.66. The van der Waals surface area contributed by atoms with Gasteiger partial charge in [-0.2, -0.15) is 0 Å². The van der Waals surface area contributed by atoms with E-state index in [0.29, 0.717) is 6.54 Å². The van der Waals surface area contributed by atoms with E-state index in [1.165, 1.54) is 0 Å². The standard InChI is InChI=1S/C15H14BrNO3/c1-18-12-4-2-11(3-5-12)17-8-10-6-13(16)15-14(7-10)19-9-20-15/h2-7,17H,8-9H2,1H3. The SMILES string of the molecule is COc1ccc(NCc2cc(Br)c3c(c2)OCO3)cc1. The molecule has 1 aliphatic rings. The maximum atomic E-state index is 5.41. The molecule has 0 radical (unpaired) electrons. The van der Waals surface area contributed by atoms with Crippen LogP contribution in [0.15, 0.2) is 40.9 Å².